The predicted molar refractivity (Wildman–Crippen MR) is 97.7 cm³/mol. The van der Waals surface area contributed by atoms with Gasteiger partial charge in [0.05, 0.1) is 10.6 Å². The van der Waals surface area contributed by atoms with Crippen molar-refractivity contribution in [3.05, 3.63) is 70.4 Å². The largest absolute Gasteiger partial charge is 0.473 e. The van der Waals surface area contributed by atoms with Crippen LogP contribution in [0.4, 0.5) is 13.2 Å². The molecule has 4 nitrogen and oxygen atoms in total. The Morgan fingerprint density at radius 3 is 2.56 bits per heavy atom. The van der Waals surface area contributed by atoms with Crippen LogP contribution < -0.4 is 10.2 Å². The SMILES string of the molecule is CC1(C)C=C(SCc2c(C(F)(F)F)ccnc2OCc2ccccc2)NO1. The zero-order chi connectivity index (χ0) is 19.5. The average molecular weight is 396 g/mol. The highest BCUT2D eigenvalue weighted by atomic mass is 32.2. The molecule has 0 spiro atoms. The highest BCUT2D eigenvalue weighted by Crippen LogP contribution is 2.38. The minimum Gasteiger partial charge on any atom is -0.473 e. The van der Waals surface area contributed by atoms with Crippen LogP contribution in [0.15, 0.2) is 53.7 Å². The number of thioether (sulfide) groups is 1. The van der Waals surface area contributed by atoms with Crippen molar-refractivity contribution in [3.63, 3.8) is 0 Å². The molecule has 2 heterocycles. The topological polar surface area (TPSA) is 43.4 Å². The van der Waals surface area contributed by atoms with E-state index in [1.54, 1.807) is 0 Å². The maximum Gasteiger partial charge on any atom is 0.416 e. The van der Waals surface area contributed by atoms with E-state index < -0.39 is 17.3 Å². The summed E-state index contributed by atoms with van der Waals surface area (Å²) in [6.07, 6.45) is -1.54. The number of nitrogens with zero attached hydrogens (tertiary/aromatic N) is 1. The van der Waals surface area contributed by atoms with E-state index in [2.05, 4.69) is 10.5 Å². The molecule has 0 saturated carbocycles. The third-order valence-electron chi connectivity index (χ3n) is 3.81. The second-order valence-electron chi connectivity index (χ2n) is 6.52. The summed E-state index contributed by atoms with van der Waals surface area (Å²) >= 11 is 1.21. The Hall–Kier alpha value is -2.19. The summed E-state index contributed by atoms with van der Waals surface area (Å²) in [5.74, 6) is 0.0328. The Labute approximate surface area is 159 Å². The van der Waals surface area contributed by atoms with Crippen molar-refractivity contribution >= 4 is 11.8 Å². The Morgan fingerprint density at radius 2 is 1.93 bits per heavy atom. The van der Waals surface area contributed by atoms with Crippen molar-refractivity contribution in [2.24, 2.45) is 0 Å². The van der Waals surface area contributed by atoms with Crippen molar-refractivity contribution in [2.75, 3.05) is 0 Å². The Balaban J connectivity index is 1.82. The summed E-state index contributed by atoms with van der Waals surface area (Å²) in [6, 6.07) is 10.2. The summed E-state index contributed by atoms with van der Waals surface area (Å²) in [5, 5.41) is 0.658. The van der Waals surface area contributed by atoms with Crippen molar-refractivity contribution in [3.8, 4) is 5.88 Å². The summed E-state index contributed by atoms with van der Waals surface area (Å²) in [7, 11) is 0. The van der Waals surface area contributed by atoms with Crippen LogP contribution in [-0.4, -0.2) is 10.6 Å². The highest BCUT2D eigenvalue weighted by molar-refractivity contribution is 8.02. The van der Waals surface area contributed by atoms with Crippen molar-refractivity contribution in [1.82, 2.24) is 10.5 Å². The number of ether oxygens (including phenoxy) is 1. The highest BCUT2D eigenvalue weighted by Gasteiger charge is 2.35. The van der Waals surface area contributed by atoms with Gasteiger partial charge in [-0.1, -0.05) is 30.3 Å². The zero-order valence-corrected chi connectivity index (χ0v) is 15.7. The van der Waals surface area contributed by atoms with E-state index in [0.29, 0.717) is 5.03 Å². The maximum atomic E-state index is 13.5. The third kappa shape index (κ3) is 5.17. The van der Waals surface area contributed by atoms with Crippen LogP contribution >= 0.6 is 11.8 Å². The molecular weight excluding hydrogens is 377 g/mol. The van der Waals surface area contributed by atoms with Crippen LogP contribution in [0.25, 0.3) is 0 Å². The van der Waals surface area contributed by atoms with E-state index in [4.69, 9.17) is 9.57 Å². The van der Waals surface area contributed by atoms with Gasteiger partial charge in [0, 0.05) is 17.5 Å². The van der Waals surface area contributed by atoms with Gasteiger partial charge in [0.2, 0.25) is 5.88 Å². The first-order valence-electron chi connectivity index (χ1n) is 8.26. The van der Waals surface area contributed by atoms with Gasteiger partial charge in [-0.05, 0) is 31.6 Å². The molecule has 0 aliphatic carbocycles. The van der Waals surface area contributed by atoms with Crippen LogP contribution in [0.2, 0.25) is 0 Å². The molecule has 2 aromatic rings. The fourth-order valence-electron chi connectivity index (χ4n) is 2.51. The van der Waals surface area contributed by atoms with Gasteiger partial charge in [0.25, 0.3) is 0 Å². The quantitative estimate of drug-likeness (QED) is 0.739. The van der Waals surface area contributed by atoms with E-state index in [0.717, 1.165) is 17.8 Å². The molecule has 1 aromatic carbocycles. The first-order chi connectivity index (χ1) is 12.7. The van der Waals surface area contributed by atoms with Crippen LogP contribution in [-0.2, 0) is 23.4 Å². The first kappa shape index (κ1) is 19.6. The molecule has 27 heavy (non-hydrogen) atoms. The molecule has 1 aromatic heterocycles. The summed E-state index contributed by atoms with van der Waals surface area (Å²) < 4.78 is 46.0. The van der Waals surface area contributed by atoms with Gasteiger partial charge in [-0.15, -0.1) is 11.8 Å². The van der Waals surface area contributed by atoms with E-state index in [1.165, 1.54) is 11.8 Å². The number of rotatable bonds is 6. The minimum atomic E-state index is -4.49. The maximum absolute atomic E-state index is 13.5. The van der Waals surface area contributed by atoms with Gasteiger partial charge in [-0.3, -0.25) is 10.3 Å². The number of hydroxylamine groups is 1. The van der Waals surface area contributed by atoms with Crippen LogP contribution in [0.5, 0.6) is 5.88 Å². The summed E-state index contributed by atoms with van der Waals surface area (Å²) in [4.78, 5) is 9.38. The number of aromatic nitrogens is 1. The molecule has 144 valence electrons. The number of hydrogen-bond donors (Lipinski definition) is 1. The fraction of sp³-hybridized carbons (Fsp3) is 0.316. The molecular formula is C19H19F3N2O2S. The molecule has 0 saturated heterocycles. The second-order valence-corrected chi connectivity index (χ2v) is 7.54. The molecule has 3 rings (SSSR count). The normalized spacial score (nSPS) is 16.0. The van der Waals surface area contributed by atoms with Gasteiger partial charge < -0.3 is 4.74 Å². The fourth-order valence-corrected chi connectivity index (χ4v) is 3.55. The molecule has 1 aliphatic rings. The zero-order valence-electron chi connectivity index (χ0n) is 14.8. The van der Waals surface area contributed by atoms with E-state index >= 15 is 0 Å². The van der Waals surface area contributed by atoms with Crippen molar-refractivity contribution in [2.45, 2.75) is 38.0 Å². The van der Waals surface area contributed by atoms with Gasteiger partial charge in [-0.2, -0.15) is 13.2 Å². The van der Waals surface area contributed by atoms with E-state index in [-0.39, 0.29) is 23.8 Å². The monoisotopic (exact) mass is 396 g/mol. The van der Waals surface area contributed by atoms with E-state index in [1.807, 2.05) is 50.3 Å². The molecule has 0 amide bonds. The molecule has 0 bridgehead atoms. The van der Waals surface area contributed by atoms with Crippen molar-refractivity contribution < 1.29 is 22.7 Å². The smallest absolute Gasteiger partial charge is 0.416 e. The molecule has 0 radical (unpaired) electrons. The standard InChI is InChI=1S/C19H19F3N2O2S/c1-18(2)10-16(24-26-18)27-12-14-15(19(20,21)22)8-9-23-17(14)25-11-13-6-4-3-5-7-13/h3-10,24H,11-12H2,1-2H3. The molecule has 1 N–H and O–H groups in total. The number of hydrogen-bond acceptors (Lipinski definition) is 5. The van der Waals surface area contributed by atoms with Gasteiger partial charge in [0.1, 0.15) is 12.2 Å². The molecule has 1 aliphatic heterocycles. The lowest BCUT2D eigenvalue weighted by Gasteiger charge is -2.16. The van der Waals surface area contributed by atoms with Gasteiger partial charge in [-0.25, -0.2) is 4.98 Å². The molecule has 0 fully saturated rings. The number of alkyl halides is 3. The summed E-state index contributed by atoms with van der Waals surface area (Å²) in [6.45, 7) is 3.85. The average Bonchev–Trinajstić information content (AvgIpc) is 2.97. The van der Waals surface area contributed by atoms with Gasteiger partial charge >= 0.3 is 6.18 Å². The Bertz CT molecular complexity index is 823. The van der Waals surface area contributed by atoms with Crippen LogP contribution in [0.1, 0.15) is 30.5 Å². The summed E-state index contributed by atoms with van der Waals surface area (Å²) in [5.41, 5.74) is 2.35. The number of nitrogens with one attached hydrogen (secondary N) is 1. The Kier molecular flexibility index (Phi) is 5.67. The first-order valence-corrected chi connectivity index (χ1v) is 9.25. The van der Waals surface area contributed by atoms with E-state index in [9.17, 15) is 13.2 Å². The van der Waals surface area contributed by atoms with Crippen molar-refractivity contribution in [1.29, 1.82) is 0 Å². The second kappa shape index (κ2) is 7.82. The molecule has 8 heteroatoms. The van der Waals surface area contributed by atoms with Crippen LogP contribution in [0.3, 0.4) is 0 Å². The number of halogens is 3. The number of pyridine rings is 1. The third-order valence-corrected chi connectivity index (χ3v) is 4.75. The molecule has 0 atom stereocenters. The molecule has 0 unspecified atom stereocenters. The lowest BCUT2D eigenvalue weighted by Crippen LogP contribution is -2.20. The minimum absolute atomic E-state index is 0.0123. The lowest BCUT2D eigenvalue weighted by molar-refractivity contribution is -0.138. The lowest BCUT2D eigenvalue weighted by atomic mass is 10.1. The predicted octanol–water partition coefficient (Wildman–Crippen LogP) is 5.07. The Morgan fingerprint density at radius 1 is 1.19 bits per heavy atom. The van der Waals surface area contributed by atoms with Crippen LogP contribution in [0, 0.1) is 0 Å². The van der Waals surface area contributed by atoms with Gasteiger partial charge in [0.15, 0.2) is 0 Å². The number of benzene rings is 1.